The van der Waals surface area contributed by atoms with E-state index in [-0.39, 0.29) is 5.60 Å². The summed E-state index contributed by atoms with van der Waals surface area (Å²) in [6, 6.07) is 5.87. The fourth-order valence-corrected chi connectivity index (χ4v) is 2.80. The van der Waals surface area contributed by atoms with Crippen LogP contribution in [-0.2, 0) is 4.74 Å². The van der Waals surface area contributed by atoms with Crippen molar-refractivity contribution in [2.24, 2.45) is 0 Å². The Labute approximate surface area is 121 Å². The Balaban J connectivity index is 1.86. The molecule has 1 saturated heterocycles. The van der Waals surface area contributed by atoms with Gasteiger partial charge in [-0.25, -0.2) is 0 Å². The normalized spacial score (nSPS) is 21.3. The van der Waals surface area contributed by atoms with E-state index in [0.29, 0.717) is 17.1 Å². The van der Waals surface area contributed by atoms with Gasteiger partial charge in [0.15, 0.2) is 0 Å². The molecule has 112 valence electrons. The molecule has 1 aliphatic rings. The molecule has 0 spiro atoms. The minimum Gasteiger partial charge on any atom is -0.382 e. The van der Waals surface area contributed by atoms with E-state index in [9.17, 15) is 9.59 Å². The second kappa shape index (κ2) is 5.04. The fraction of sp³-hybridized carbons (Fsp3) is 0.467. The zero-order valence-corrected chi connectivity index (χ0v) is 12.2. The summed E-state index contributed by atoms with van der Waals surface area (Å²) in [4.78, 5) is 27.8. The number of aromatic amines is 2. The Morgan fingerprint density at radius 2 is 1.90 bits per heavy atom. The van der Waals surface area contributed by atoms with Crippen LogP contribution in [0.5, 0.6) is 0 Å². The number of H-pyrrole nitrogens is 2. The summed E-state index contributed by atoms with van der Waals surface area (Å²) in [5, 5.41) is 3.47. The lowest BCUT2D eigenvalue weighted by molar-refractivity contribution is -0.0553. The maximum atomic E-state index is 11.4. The van der Waals surface area contributed by atoms with Crippen molar-refractivity contribution in [3.8, 4) is 0 Å². The Hall–Kier alpha value is -2.08. The van der Waals surface area contributed by atoms with Gasteiger partial charge in [-0.3, -0.25) is 9.59 Å². The van der Waals surface area contributed by atoms with Crippen LogP contribution in [-0.4, -0.2) is 28.2 Å². The summed E-state index contributed by atoms with van der Waals surface area (Å²) in [5.41, 5.74) is 0.786. The molecule has 1 fully saturated rings. The highest BCUT2D eigenvalue weighted by Gasteiger charge is 2.28. The van der Waals surface area contributed by atoms with Gasteiger partial charge in [-0.15, -0.1) is 0 Å². The molecular formula is C15H19N3O3. The van der Waals surface area contributed by atoms with Gasteiger partial charge >= 0.3 is 11.1 Å². The largest absolute Gasteiger partial charge is 0.382 e. The molecule has 1 unspecified atom stereocenters. The minimum atomic E-state index is -0.633. The van der Waals surface area contributed by atoms with Crippen molar-refractivity contribution in [3.63, 3.8) is 0 Å². The van der Waals surface area contributed by atoms with Crippen molar-refractivity contribution in [3.05, 3.63) is 38.9 Å². The first-order valence-corrected chi connectivity index (χ1v) is 7.10. The van der Waals surface area contributed by atoms with Crippen LogP contribution in [0.4, 0.5) is 5.69 Å². The van der Waals surface area contributed by atoms with Crippen molar-refractivity contribution in [2.45, 2.75) is 38.3 Å². The quantitative estimate of drug-likeness (QED) is 0.733. The summed E-state index contributed by atoms with van der Waals surface area (Å²) >= 11 is 0. The van der Waals surface area contributed by atoms with E-state index < -0.39 is 11.1 Å². The molecule has 2 aromatic rings. The fourth-order valence-electron chi connectivity index (χ4n) is 2.80. The molecule has 1 atom stereocenters. The van der Waals surface area contributed by atoms with E-state index in [1.807, 2.05) is 12.1 Å². The summed E-state index contributed by atoms with van der Waals surface area (Å²) in [6.07, 6.45) is 1.87. The zero-order valence-electron chi connectivity index (χ0n) is 12.2. The molecule has 1 aromatic carbocycles. The van der Waals surface area contributed by atoms with Crippen molar-refractivity contribution in [1.29, 1.82) is 0 Å². The van der Waals surface area contributed by atoms with Crippen LogP contribution in [0.15, 0.2) is 27.8 Å². The van der Waals surface area contributed by atoms with Gasteiger partial charge < -0.3 is 20.0 Å². The highest BCUT2D eigenvalue weighted by atomic mass is 16.5. The number of benzene rings is 1. The SMILES string of the molecule is CC1(C)CC(Nc2ccc3[nH]c(=O)c(=O)[nH]c3c2)CCO1. The van der Waals surface area contributed by atoms with Crippen LogP contribution >= 0.6 is 0 Å². The average molecular weight is 289 g/mol. The molecule has 2 heterocycles. The van der Waals surface area contributed by atoms with Crippen LogP contribution < -0.4 is 16.4 Å². The van der Waals surface area contributed by atoms with Gasteiger partial charge in [0.05, 0.1) is 16.6 Å². The van der Waals surface area contributed by atoms with Gasteiger partial charge in [0.2, 0.25) is 0 Å². The predicted octanol–water partition coefficient (Wildman–Crippen LogP) is 1.59. The molecular weight excluding hydrogens is 270 g/mol. The van der Waals surface area contributed by atoms with Gasteiger partial charge in [0.25, 0.3) is 0 Å². The summed E-state index contributed by atoms with van der Waals surface area (Å²) in [5.74, 6) is 0. The Morgan fingerprint density at radius 3 is 2.62 bits per heavy atom. The number of ether oxygens (including phenoxy) is 1. The van der Waals surface area contributed by atoms with Crippen molar-refractivity contribution in [2.75, 3.05) is 11.9 Å². The first-order valence-electron chi connectivity index (χ1n) is 7.10. The number of aromatic nitrogens is 2. The molecule has 6 heteroatoms. The summed E-state index contributed by atoms with van der Waals surface area (Å²) in [6.45, 7) is 4.91. The number of fused-ring (bicyclic) bond motifs is 1. The summed E-state index contributed by atoms with van der Waals surface area (Å²) < 4.78 is 5.71. The van der Waals surface area contributed by atoms with Crippen molar-refractivity contribution in [1.82, 2.24) is 9.97 Å². The molecule has 1 aromatic heterocycles. The van der Waals surface area contributed by atoms with Crippen LogP contribution in [0, 0.1) is 0 Å². The molecule has 1 aliphatic heterocycles. The molecule has 6 nitrogen and oxygen atoms in total. The standard InChI is InChI=1S/C15H19N3O3/c1-15(2)8-10(5-6-21-15)16-9-3-4-11-12(7-9)18-14(20)13(19)17-11/h3-4,7,10,16H,5-6,8H2,1-2H3,(H,17,19)(H,18,20). The summed E-state index contributed by atoms with van der Waals surface area (Å²) in [7, 11) is 0. The third kappa shape index (κ3) is 3.00. The van der Waals surface area contributed by atoms with Crippen LogP contribution in [0.2, 0.25) is 0 Å². The molecule has 0 amide bonds. The Morgan fingerprint density at radius 1 is 1.19 bits per heavy atom. The smallest absolute Gasteiger partial charge is 0.314 e. The van der Waals surface area contributed by atoms with Crippen molar-refractivity contribution >= 4 is 16.7 Å². The van der Waals surface area contributed by atoms with Crippen LogP contribution in [0.3, 0.4) is 0 Å². The molecule has 0 radical (unpaired) electrons. The maximum Gasteiger partial charge on any atom is 0.314 e. The van der Waals surface area contributed by atoms with Crippen LogP contribution in [0.1, 0.15) is 26.7 Å². The lowest BCUT2D eigenvalue weighted by Crippen LogP contribution is -2.40. The molecule has 21 heavy (non-hydrogen) atoms. The van der Waals surface area contributed by atoms with Gasteiger partial charge in [0.1, 0.15) is 0 Å². The molecule has 0 bridgehead atoms. The van der Waals surface area contributed by atoms with E-state index in [1.165, 1.54) is 0 Å². The number of hydrogen-bond donors (Lipinski definition) is 3. The number of anilines is 1. The Kier molecular flexibility index (Phi) is 3.33. The third-order valence-corrected chi connectivity index (χ3v) is 3.79. The van der Waals surface area contributed by atoms with E-state index in [1.54, 1.807) is 6.07 Å². The van der Waals surface area contributed by atoms with Gasteiger partial charge in [-0.2, -0.15) is 0 Å². The molecule has 0 saturated carbocycles. The average Bonchev–Trinajstić information content (AvgIpc) is 2.39. The number of hydrogen-bond acceptors (Lipinski definition) is 4. The van der Waals surface area contributed by atoms with Crippen LogP contribution in [0.25, 0.3) is 11.0 Å². The lowest BCUT2D eigenvalue weighted by Gasteiger charge is -2.36. The zero-order chi connectivity index (χ0) is 15.0. The number of rotatable bonds is 2. The van der Waals surface area contributed by atoms with Crippen molar-refractivity contribution < 1.29 is 4.74 Å². The topological polar surface area (TPSA) is 87.0 Å². The lowest BCUT2D eigenvalue weighted by atomic mass is 9.94. The first kappa shape index (κ1) is 13.9. The minimum absolute atomic E-state index is 0.119. The molecule has 3 N–H and O–H groups in total. The maximum absolute atomic E-state index is 11.4. The van der Waals surface area contributed by atoms with E-state index in [2.05, 4.69) is 29.1 Å². The molecule has 0 aliphatic carbocycles. The molecule has 3 rings (SSSR count). The van der Waals surface area contributed by atoms with Gasteiger partial charge in [-0.05, 0) is 44.9 Å². The number of nitrogens with one attached hydrogen (secondary N) is 3. The third-order valence-electron chi connectivity index (χ3n) is 3.79. The van der Waals surface area contributed by atoms with E-state index >= 15 is 0 Å². The monoisotopic (exact) mass is 289 g/mol. The van der Waals surface area contributed by atoms with E-state index in [0.717, 1.165) is 25.1 Å². The van der Waals surface area contributed by atoms with Gasteiger partial charge in [0, 0.05) is 18.3 Å². The van der Waals surface area contributed by atoms with Gasteiger partial charge in [-0.1, -0.05) is 0 Å². The second-order valence-electron chi connectivity index (χ2n) is 6.11. The first-order chi connectivity index (χ1) is 9.93. The predicted molar refractivity (Wildman–Crippen MR) is 81.9 cm³/mol. The Bertz CT molecular complexity index is 776. The highest BCUT2D eigenvalue weighted by molar-refractivity contribution is 5.78. The van der Waals surface area contributed by atoms with E-state index in [4.69, 9.17) is 4.74 Å². The highest BCUT2D eigenvalue weighted by Crippen LogP contribution is 2.26. The second-order valence-corrected chi connectivity index (χ2v) is 6.11.